The van der Waals surface area contributed by atoms with E-state index in [9.17, 15) is 22.7 Å². The molecule has 0 aromatic heterocycles. The maximum Gasteiger partial charge on any atom is 1.00 e. The van der Waals surface area contributed by atoms with E-state index in [4.69, 9.17) is 0 Å². The topological polar surface area (TPSA) is 86.3 Å². The molecule has 0 bridgehead atoms. The van der Waals surface area contributed by atoms with Crippen molar-refractivity contribution in [2.24, 2.45) is 5.92 Å². The SMILES string of the molecule is CC(C)C[C@]1(C(=O)[O-])C[C@H](S(C)(=O)=O)[C@@H](c2ccc(F)cc2)N1.[Li+]. The Morgan fingerprint density at radius 1 is 1.38 bits per heavy atom. The molecule has 24 heavy (non-hydrogen) atoms. The van der Waals surface area contributed by atoms with Crippen molar-refractivity contribution in [3.8, 4) is 0 Å². The quantitative estimate of drug-likeness (QED) is 0.611. The van der Waals surface area contributed by atoms with Gasteiger partial charge in [-0.2, -0.15) is 0 Å². The van der Waals surface area contributed by atoms with Crippen LogP contribution in [0.2, 0.25) is 0 Å². The average Bonchev–Trinajstić information content (AvgIpc) is 2.80. The third-order valence-electron chi connectivity index (χ3n) is 4.28. The number of aliphatic carboxylic acids is 1. The molecule has 8 heteroatoms. The first-order valence-electron chi connectivity index (χ1n) is 7.48. The number of hydrogen-bond acceptors (Lipinski definition) is 5. The van der Waals surface area contributed by atoms with Crippen LogP contribution >= 0.6 is 0 Å². The van der Waals surface area contributed by atoms with Gasteiger partial charge < -0.3 is 9.90 Å². The van der Waals surface area contributed by atoms with Gasteiger partial charge in [-0.1, -0.05) is 26.0 Å². The molecule has 0 spiro atoms. The van der Waals surface area contributed by atoms with Crippen molar-refractivity contribution in [2.75, 3.05) is 6.26 Å². The van der Waals surface area contributed by atoms with Crippen molar-refractivity contribution < 1.29 is 41.6 Å². The normalized spacial score (nSPS) is 27.0. The third kappa shape index (κ3) is 4.40. The number of carboxylic acids is 1. The number of carbonyl (C=O) groups excluding carboxylic acids is 1. The maximum absolute atomic E-state index is 13.1. The minimum absolute atomic E-state index is 0. The molecular formula is C16H21FLiNO4S. The van der Waals surface area contributed by atoms with E-state index < -0.39 is 38.5 Å². The Morgan fingerprint density at radius 2 is 1.92 bits per heavy atom. The van der Waals surface area contributed by atoms with E-state index in [1.54, 1.807) is 0 Å². The average molecular weight is 349 g/mol. The zero-order valence-corrected chi connectivity index (χ0v) is 15.2. The third-order valence-corrected chi connectivity index (χ3v) is 5.82. The Labute approximate surface area is 154 Å². The Kier molecular flexibility index (Phi) is 6.68. The first-order valence-corrected chi connectivity index (χ1v) is 9.44. The van der Waals surface area contributed by atoms with E-state index in [-0.39, 0.29) is 37.6 Å². The largest absolute Gasteiger partial charge is 1.00 e. The van der Waals surface area contributed by atoms with Crippen molar-refractivity contribution in [3.05, 3.63) is 35.6 Å². The molecule has 5 nitrogen and oxygen atoms in total. The molecular weight excluding hydrogens is 328 g/mol. The van der Waals surface area contributed by atoms with Gasteiger partial charge in [0.2, 0.25) is 0 Å². The second kappa shape index (κ2) is 7.57. The molecule has 0 radical (unpaired) electrons. The summed E-state index contributed by atoms with van der Waals surface area (Å²) in [4.78, 5) is 11.7. The molecule has 1 fully saturated rings. The number of carboxylic acid groups (broad SMARTS) is 1. The Hall–Kier alpha value is -0.873. The molecule has 0 amide bonds. The second-order valence-corrected chi connectivity index (χ2v) is 8.98. The van der Waals surface area contributed by atoms with Crippen LogP contribution in [0.5, 0.6) is 0 Å². The van der Waals surface area contributed by atoms with Crippen molar-refractivity contribution in [2.45, 2.75) is 43.5 Å². The summed E-state index contributed by atoms with van der Waals surface area (Å²) in [7, 11) is -3.50. The van der Waals surface area contributed by atoms with Crippen LogP contribution in [0.1, 0.15) is 38.3 Å². The molecule has 3 atom stereocenters. The van der Waals surface area contributed by atoms with Crippen LogP contribution in [0.3, 0.4) is 0 Å². The Morgan fingerprint density at radius 3 is 2.33 bits per heavy atom. The van der Waals surface area contributed by atoms with Crippen LogP contribution in [-0.4, -0.2) is 31.4 Å². The molecule has 1 saturated heterocycles. The molecule has 128 valence electrons. The molecule has 0 saturated carbocycles. The fourth-order valence-electron chi connectivity index (χ4n) is 3.34. The molecule has 1 N–H and O–H groups in total. The number of hydrogen-bond donors (Lipinski definition) is 1. The van der Waals surface area contributed by atoms with E-state index in [0.717, 1.165) is 6.26 Å². The molecule has 2 rings (SSSR count). The number of halogens is 1. The monoisotopic (exact) mass is 349 g/mol. The smallest absolute Gasteiger partial charge is 0.548 e. The summed E-state index contributed by atoms with van der Waals surface area (Å²) in [5.41, 5.74) is -0.852. The van der Waals surface area contributed by atoms with Crippen LogP contribution in [-0.2, 0) is 14.6 Å². The number of sulfone groups is 1. The van der Waals surface area contributed by atoms with E-state index in [0.29, 0.717) is 5.56 Å². The van der Waals surface area contributed by atoms with Gasteiger partial charge in [0.15, 0.2) is 9.84 Å². The molecule has 1 aromatic rings. The Balaban J connectivity index is 0.00000288. The standard InChI is InChI=1S/C16H22FNO4S.Li/c1-10(2)8-16(15(19)20)9-13(23(3,21)22)14(18-16)11-4-6-12(17)7-5-11;/h4-7,10,13-14,18H,8-9H2,1-3H3,(H,19,20);/q;+1/p-1/t13-,14+,16+;/m0./s1. The van der Waals surface area contributed by atoms with Crippen LogP contribution in [0.4, 0.5) is 4.39 Å². The zero-order chi connectivity index (χ0) is 17.4. The number of benzene rings is 1. The van der Waals surface area contributed by atoms with E-state index in [2.05, 4.69) is 5.32 Å². The summed E-state index contributed by atoms with van der Waals surface area (Å²) in [6.07, 6.45) is 1.30. The van der Waals surface area contributed by atoms with Crippen LogP contribution in [0, 0.1) is 11.7 Å². The van der Waals surface area contributed by atoms with Crippen molar-refractivity contribution in [1.29, 1.82) is 0 Å². The minimum atomic E-state index is -3.50. The molecule has 1 aliphatic rings. The zero-order valence-electron chi connectivity index (χ0n) is 14.4. The molecule has 1 aliphatic heterocycles. The fraction of sp³-hybridized carbons (Fsp3) is 0.562. The van der Waals surface area contributed by atoms with E-state index in [1.165, 1.54) is 24.3 Å². The van der Waals surface area contributed by atoms with Gasteiger partial charge in [-0.15, -0.1) is 0 Å². The van der Waals surface area contributed by atoms with Gasteiger partial charge in [-0.05, 0) is 36.5 Å². The van der Waals surface area contributed by atoms with Crippen LogP contribution in [0.15, 0.2) is 24.3 Å². The molecule has 1 aromatic carbocycles. The molecule has 0 unspecified atom stereocenters. The predicted octanol–water partition coefficient (Wildman–Crippen LogP) is -2.19. The van der Waals surface area contributed by atoms with Crippen molar-refractivity contribution in [1.82, 2.24) is 5.32 Å². The van der Waals surface area contributed by atoms with Gasteiger partial charge >= 0.3 is 18.9 Å². The van der Waals surface area contributed by atoms with Gasteiger partial charge in [0, 0.05) is 12.3 Å². The fourth-order valence-corrected chi connectivity index (χ4v) is 4.65. The van der Waals surface area contributed by atoms with Crippen molar-refractivity contribution >= 4 is 15.8 Å². The van der Waals surface area contributed by atoms with Crippen molar-refractivity contribution in [3.63, 3.8) is 0 Å². The summed E-state index contributed by atoms with van der Waals surface area (Å²) in [5, 5.41) is 13.8. The second-order valence-electron chi connectivity index (χ2n) is 6.71. The van der Waals surface area contributed by atoms with Crippen LogP contribution in [0.25, 0.3) is 0 Å². The van der Waals surface area contributed by atoms with E-state index in [1.807, 2.05) is 13.8 Å². The summed E-state index contributed by atoms with van der Waals surface area (Å²) in [6, 6.07) is 4.72. The van der Waals surface area contributed by atoms with Gasteiger partial charge in [0.05, 0.1) is 16.8 Å². The summed E-state index contributed by atoms with van der Waals surface area (Å²) in [5.74, 6) is -1.69. The molecule has 0 aliphatic carbocycles. The number of rotatable bonds is 5. The maximum atomic E-state index is 13.1. The van der Waals surface area contributed by atoms with Gasteiger partial charge in [-0.3, -0.25) is 5.32 Å². The van der Waals surface area contributed by atoms with Gasteiger partial charge in [0.25, 0.3) is 0 Å². The first-order chi connectivity index (χ1) is 10.5. The number of nitrogens with one attached hydrogen (secondary N) is 1. The van der Waals surface area contributed by atoms with Crippen LogP contribution < -0.4 is 29.3 Å². The van der Waals surface area contributed by atoms with Gasteiger partial charge in [0.1, 0.15) is 5.82 Å². The van der Waals surface area contributed by atoms with Gasteiger partial charge in [-0.25, -0.2) is 12.8 Å². The first kappa shape index (κ1) is 21.2. The number of carbonyl (C=O) groups is 1. The predicted molar refractivity (Wildman–Crippen MR) is 82.7 cm³/mol. The Bertz CT molecular complexity index is 693. The summed E-state index contributed by atoms with van der Waals surface area (Å²) in [6.45, 7) is 3.74. The minimum Gasteiger partial charge on any atom is -0.548 e. The molecule has 1 heterocycles. The van der Waals surface area contributed by atoms with E-state index >= 15 is 0 Å². The summed E-state index contributed by atoms with van der Waals surface area (Å²) >= 11 is 0. The summed E-state index contributed by atoms with van der Waals surface area (Å²) < 4.78 is 37.4.